The van der Waals surface area contributed by atoms with Crippen LogP contribution in [0, 0.1) is 0 Å². The molecular weight excluding hydrogens is 380 g/mol. The number of imidazole rings is 1. The number of carbonyl (C=O) groups excluding carboxylic acids is 2. The maximum atomic E-state index is 12.7. The molecule has 1 amide bonds. The van der Waals surface area contributed by atoms with E-state index in [0.717, 1.165) is 12.1 Å². The molecule has 2 aromatic heterocycles. The summed E-state index contributed by atoms with van der Waals surface area (Å²) in [6, 6.07) is 17.8. The molecule has 0 atom stereocenters. The Balaban J connectivity index is 1.54. The van der Waals surface area contributed by atoms with Crippen molar-refractivity contribution in [2.24, 2.45) is 0 Å². The molecular formula is C23H22N4O3. The molecule has 7 heteroatoms. The van der Waals surface area contributed by atoms with Crippen LogP contribution in [-0.4, -0.2) is 53.7 Å². The predicted octanol–water partition coefficient (Wildman–Crippen LogP) is 3.35. The summed E-state index contributed by atoms with van der Waals surface area (Å²) in [6.45, 7) is 1.28. The predicted molar refractivity (Wildman–Crippen MR) is 115 cm³/mol. The molecule has 0 saturated heterocycles. The number of aromatic nitrogens is 2. The summed E-state index contributed by atoms with van der Waals surface area (Å²) in [4.78, 5) is 34.6. The summed E-state index contributed by atoms with van der Waals surface area (Å²) in [5, 5.41) is 2.81. The molecule has 0 aliphatic rings. The normalized spacial score (nSPS) is 11.2. The zero-order valence-corrected chi connectivity index (χ0v) is 16.8. The first kappa shape index (κ1) is 19.6. The number of hydrogen-bond acceptors (Lipinski definition) is 5. The number of fused-ring (bicyclic) bond motifs is 1. The van der Waals surface area contributed by atoms with E-state index in [1.807, 2.05) is 37.2 Å². The maximum absolute atomic E-state index is 12.7. The topological polar surface area (TPSA) is 91.2 Å². The van der Waals surface area contributed by atoms with Crippen LogP contribution in [0.5, 0.6) is 0 Å². The highest BCUT2D eigenvalue weighted by atomic mass is 16.4. The van der Waals surface area contributed by atoms with E-state index in [9.17, 15) is 9.59 Å². The lowest BCUT2D eigenvalue weighted by Crippen LogP contribution is -2.31. The molecule has 0 fully saturated rings. The van der Waals surface area contributed by atoms with Gasteiger partial charge in [-0.05, 0) is 44.4 Å². The standard InChI is InChI=1S/C23H22N4O3/c1-27(2)13-12-24-23(29)20-11-10-19(30-20)22-25-17-9-8-16(14-18(17)26-22)21(28)15-6-4-3-5-7-15/h3-11,14H,12-13H2,1-2H3,(H,24,29)(H,25,26). The number of aromatic amines is 1. The lowest BCUT2D eigenvalue weighted by Gasteiger charge is -2.09. The molecule has 2 aromatic carbocycles. The van der Waals surface area contributed by atoms with Crippen LogP contribution in [0.1, 0.15) is 26.5 Å². The highest BCUT2D eigenvalue weighted by Crippen LogP contribution is 2.24. The first-order valence-electron chi connectivity index (χ1n) is 9.64. The van der Waals surface area contributed by atoms with Gasteiger partial charge >= 0.3 is 0 Å². The van der Waals surface area contributed by atoms with E-state index in [2.05, 4.69) is 15.3 Å². The van der Waals surface area contributed by atoms with Crippen LogP contribution < -0.4 is 5.32 Å². The minimum absolute atomic E-state index is 0.0525. The summed E-state index contributed by atoms with van der Waals surface area (Å²) in [6.07, 6.45) is 0. The average molecular weight is 402 g/mol. The molecule has 0 aliphatic carbocycles. The minimum atomic E-state index is -0.269. The van der Waals surface area contributed by atoms with Gasteiger partial charge in [-0.25, -0.2) is 4.98 Å². The molecule has 152 valence electrons. The van der Waals surface area contributed by atoms with Gasteiger partial charge in [0.2, 0.25) is 0 Å². The van der Waals surface area contributed by atoms with Crippen LogP contribution in [0.2, 0.25) is 0 Å². The van der Waals surface area contributed by atoms with Gasteiger partial charge in [-0.1, -0.05) is 30.3 Å². The Labute approximate surface area is 173 Å². The lowest BCUT2D eigenvalue weighted by atomic mass is 10.0. The number of carbonyl (C=O) groups is 2. The average Bonchev–Trinajstić information content (AvgIpc) is 3.40. The van der Waals surface area contributed by atoms with Crippen molar-refractivity contribution in [2.75, 3.05) is 27.2 Å². The van der Waals surface area contributed by atoms with Gasteiger partial charge in [0.15, 0.2) is 23.1 Å². The first-order valence-corrected chi connectivity index (χ1v) is 9.64. The monoisotopic (exact) mass is 402 g/mol. The Hall–Kier alpha value is -3.71. The number of hydrogen-bond donors (Lipinski definition) is 2. The van der Waals surface area contributed by atoms with Crippen molar-refractivity contribution in [3.05, 3.63) is 77.6 Å². The Morgan fingerprint density at radius 3 is 2.60 bits per heavy atom. The molecule has 2 N–H and O–H groups in total. The Morgan fingerprint density at radius 2 is 1.83 bits per heavy atom. The third kappa shape index (κ3) is 4.16. The number of furan rings is 1. The highest BCUT2D eigenvalue weighted by molar-refractivity contribution is 6.10. The second-order valence-corrected chi connectivity index (χ2v) is 7.24. The number of benzene rings is 2. The van der Waals surface area contributed by atoms with Crippen LogP contribution in [0.15, 0.2) is 65.1 Å². The molecule has 4 aromatic rings. The van der Waals surface area contributed by atoms with E-state index in [1.54, 1.807) is 42.5 Å². The van der Waals surface area contributed by atoms with Crippen molar-refractivity contribution in [1.29, 1.82) is 0 Å². The Bertz CT molecular complexity index is 1190. The number of amides is 1. The van der Waals surface area contributed by atoms with Crippen molar-refractivity contribution in [1.82, 2.24) is 20.2 Å². The van der Waals surface area contributed by atoms with Crippen molar-refractivity contribution >= 4 is 22.7 Å². The van der Waals surface area contributed by atoms with E-state index < -0.39 is 0 Å². The maximum Gasteiger partial charge on any atom is 0.287 e. The largest absolute Gasteiger partial charge is 0.448 e. The van der Waals surface area contributed by atoms with Gasteiger partial charge in [0, 0.05) is 24.2 Å². The van der Waals surface area contributed by atoms with Gasteiger partial charge in [0.05, 0.1) is 11.0 Å². The molecule has 0 radical (unpaired) electrons. The molecule has 4 rings (SSSR count). The SMILES string of the molecule is CN(C)CCNC(=O)c1ccc(-c2nc3ccc(C(=O)c4ccccc4)cc3[nH]2)o1. The molecule has 0 spiro atoms. The van der Waals surface area contributed by atoms with Crippen LogP contribution >= 0.6 is 0 Å². The number of H-pyrrole nitrogens is 1. The quantitative estimate of drug-likeness (QED) is 0.463. The number of ketones is 1. The molecule has 0 bridgehead atoms. The van der Waals surface area contributed by atoms with Crippen LogP contribution in [0.3, 0.4) is 0 Å². The summed E-state index contributed by atoms with van der Waals surface area (Å²) < 4.78 is 5.68. The van der Waals surface area contributed by atoms with Gasteiger partial charge in [0.25, 0.3) is 5.91 Å². The van der Waals surface area contributed by atoms with Gasteiger partial charge in [0.1, 0.15) is 0 Å². The Morgan fingerprint density at radius 1 is 1.03 bits per heavy atom. The van der Waals surface area contributed by atoms with Crippen LogP contribution in [-0.2, 0) is 0 Å². The fourth-order valence-electron chi connectivity index (χ4n) is 3.09. The number of nitrogens with one attached hydrogen (secondary N) is 2. The molecule has 0 unspecified atom stereocenters. The van der Waals surface area contributed by atoms with Crippen molar-refractivity contribution in [3.8, 4) is 11.6 Å². The summed E-state index contributed by atoms with van der Waals surface area (Å²) >= 11 is 0. The van der Waals surface area contributed by atoms with Crippen molar-refractivity contribution in [2.45, 2.75) is 0 Å². The van der Waals surface area contributed by atoms with Crippen molar-refractivity contribution in [3.63, 3.8) is 0 Å². The summed E-state index contributed by atoms with van der Waals surface area (Å²) in [5.74, 6) is 0.865. The molecule has 0 aliphatic heterocycles. The summed E-state index contributed by atoms with van der Waals surface area (Å²) in [5.41, 5.74) is 2.64. The van der Waals surface area contributed by atoms with Crippen molar-refractivity contribution < 1.29 is 14.0 Å². The number of rotatable bonds is 7. The third-order valence-corrected chi connectivity index (χ3v) is 4.69. The zero-order valence-electron chi connectivity index (χ0n) is 16.8. The van der Waals surface area contributed by atoms with E-state index in [0.29, 0.717) is 34.8 Å². The van der Waals surface area contributed by atoms with E-state index in [-0.39, 0.29) is 17.5 Å². The fourth-order valence-corrected chi connectivity index (χ4v) is 3.09. The van der Waals surface area contributed by atoms with E-state index >= 15 is 0 Å². The zero-order chi connectivity index (χ0) is 21.1. The smallest absolute Gasteiger partial charge is 0.287 e. The third-order valence-electron chi connectivity index (χ3n) is 4.69. The highest BCUT2D eigenvalue weighted by Gasteiger charge is 2.16. The summed E-state index contributed by atoms with van der Waals surface area (Å²) in [7, 11) is 3.88. The molecule has 30 heavy (non-hydrogen) atoms. The first-order chi connectivity index (χ1) is 14.5. The molecule has 7 nitrogen and oxygen atoms in total. The number of nitrogens with zero attached hydrogens (tertiary/aromatic N) is 2. The minimum Gasteiger partial charge on any atom is -0.448 e. The Kier molecular flexibility index (Phi) is 5.45. The van der Waals surface area contributed by atoms with Gasteiger partial charge in [-0.2, -0.15) is 0 Å². The number of likely N-dealkylation sites (N-methyl/N-ethyl adjacent to an activating group) is 1. The van der Waals surface area contributed by atoms with E-state index in [4.69, 9.17) is 4.42 Å². The molecule has 0 saturated carbocycles. The van der Waals surface area contributed by atoms with Crippen LogP contribution in [0.4, 0.5) is 0 Å². The van der Waals surface area contributed by atoms with Gasteiger partial charge in [-0.15, -0.1) is 0 Å². The second-order valence-electron chi connectivity index (χ2n) is 7.24. The van der Waals surface area contributed by atoms with Gasteiger partial charge in [-0.3, -0.25) is 9.59 Å². The van der Waals surface area contributed by atoms with E-state index in [1.165, 1.54) is 0 Å². The fraction of sp³-hybridized carbons (Fsp3) is 0.174. The van der Waals surface area contributed by atoms with Crippen LogP contribution in [0.25, 0.3) is 22.6 Å². The second kappa shape index (κ2) is 8.34. The lowest BCUT2D eigenvalue weighted by molar-refractivity contribution is 0.0923. The van der Waals surface area contributed by atoms with Gasteiger partial charge < -0.3 is 19.6 Å². The molecule has 2 heterocycles.